The first-order chi connectivity index (χ1) is 12.4. The minimum Gasteiger partial charge on any atom is -0.321 e. The van der Waals surface area contributed by atoms with Crippen molar-refractivity contribution in [1.82, 2.24) is 0 Å². The molecule has 6 heteroatoms. The Bertz CT molecular complexity index is 893. The molecule has 0 spiro atoms. The summed E-state index contributed by atoms with van der Waals surface area (Å²) in [6.45, 7) is 0. The van der Waals surface area contributed by atoms with Crippen LogP contribution in [-0.4, -0.2) is 5.91 Å². The molecule has 0 unspecified atom stereocenters. The average molecular weight is 373 g/mol. The molecule has 0 heterocycles. The Kier molecular flexibility index (Phi) is 5.32. The summed E-state index contributed by atoms with van der Waals surface area (Å²) in [6, 6.07) is 21.1. The van der Waals surface area contributed by atoms with Crippen LogP contribution in [0.2, 0.25) is 0 Å². The summed E-state index contributed by atoms with van der Waals surface area (Å²) < 4.78 is 37.9. The predicted octanol–water partition coefficient (Wildman–Crippen LogP) is 6.11. The van der Waals surface area contributed by atoms with E-state index in [1.165, 1.54) is 23.9 Å². The summed E-state index contributed by atoms with van der Waals surface area (Å²) >= 11 is 1.49. The highest BCUT2D eigenvalue weighted by Crippen LogP contribution is 2.33. The van der Waals surface area contributed by atoms with E-state index in [-0.39, 0.29) is 5.56 Å². The number of benzene rings is 3. The lowest BCUT2D eigenvalue weighted by molar-refractivity contribution is -0.137. The highest BCUT2D eigenvalue weighted by atomic mass is 32.2. The molecule has 2 nitrogen and oxygen atoms in total. The Morgan fingerprint density at radius 2 is 1.42 bits per heavy atom. The number of halogens is 3. The van der Waals surface area contributed by atoms with Crippen molar-refractivity contribution in [1.29, 1.82) is 0 Å². The number of nitrogens with one attached hydrogen (secondary N) is 1. The fourth-order valence-electron chi connectivity index (χ4n) is 2.28. The Balaban J connectivity index is 1.77. The van der Waals surface area contributed by atoms with Gasteiger partial charge < -0.3 is 5.32 Å². The number of hydrogen-bond donors (Lipinski definition) is 1. The van der Waals surface area contributed by atoms with Crippen LogP contribution in [0.5, 0.6) is 0 Å². The van der Waals surface area contributed by atoms with Crippen LogP contribution in [0.25, 0.3) is 0 Å². The summed E-state index contributed by atoms with van der Waals surface area (Å²) in [5.74, 6) is -0.458. The largest absolute Gasteiger partial charge is 0.416 e. The number of anilines is 1. The van der Waals surface area contributed by atoms with Gasteiger partial charge in [0.2, 0.25) is 0 Å². The van der Waals surface area contributed by atoms with Crippen molar-refractivity contribution in [2.45, 2.75) is 16.0 Å². The second-order valence-electron chi connectivity index (χ2n) is 5.44. The van der Waals surface area contributed by atoms with Crippen LogP contribution in [0, 0.1) is 0 Å². The highest BCUT2D eigenvalue weighted by Gasteiger charge is 2.30. The second-order valence-corrected chi connectivity index (χ2v) is 6.56. The van der Waals surface area contributed by atoms with Crippen LogP contribution in [0.1, 0.15) is 15.9 Å². The molecule has 1 N–H and O–H groups in total. The van der Waals surface area contributed by atoms with E-state index >= 15 is 0 Å². The van der Waals surface area contributed by atoms with E-state index in [4.69, 9.17) is 0 Å². The van der Waals surface area contributed by atoms with E-state index in [9.17, 15) is 18.0 Å². The van der Waals surface area contributed by atoms with E-state index in [0.29, 0.717) is 5.69 Å². The molecule has 0 atom stereocenters. The van der Waals surface area contributed by atoms with Crippen LogP contribution in [-0.2, 0) is 6.18 Å². The van der Waals surface area contributed by atoms with Crippen molar-refractivity contribution in [3.05, 3.63) is 90.0 Å². The van der Waals surface area contributed by atoms with E-state index < -0.39 is 17.6 Å². The average Bonchev–Trinajstić information content (AvgIpc) is 2.63. The number of hydrogen-bond acceptors (Lipinski definition) is 2. The number of para-hydroxylation sites is 1. The molecule has 1 amide bonds. The molecule has 0 saturated carbocycles. The van der Waals surface area contributed by atoms with Crippen molar-refractivity contribution < 1.29 is 18.0 Å². The number of alkyl halides is 3. The molecule has 0 aliphatic carbocycles. The second kappa shape index (κ2) is 7.66. The van der Waals surface area contributed by atoms with Gasteiger partial charge >= 0.3 is 6.18 Å². The van der Waals surface area contributed by atoms with Gasteiger partial charge in [-0.2, -0.15) is 13.2 Å². The lowest BCUT2D eigenvalue weighted by atomic mass is 10.1. The monoisotopic (exact) mass is 373 g/mol. The molecule has 0 aliphatic rings. The van der Waals surface area contributed by atoms with Gasteiger partial charge in [0.15, 0.2) is 0 Å². The first-order valence-corrected chi connectivity index (χ1v) is 8.56. The van der Waals surface area contributed by atoms with Crippen LogP contribution < -0.4 is 5.32 Å². The Morgan fingerprint density at radius 3 is 2.08 bits per heavy atom. The number of amides is 1. The number of carbonyl (C=O) groups excluding carboxylic acids is 1. The zero-order valence-corrected chi connectivity index (χ0v) is 14.3. The molecule has 0 bridgehead atoms. The summed E-state index contributed by atoms with van der Waals surface area (Å²) in [7, 11) is 0. The molecule has 3 aromatic carbocycles. The fraction of sp³-hybridized carbons (Fsp3) is 0.0500. The smallest absolute Gasteiger partial charge is 0.321 e. The van der Waals surface area contributed by atoms with Crippen LogP contribution >= 0.6 is 11.8 Å². The molecule has 132 valence electrons. The van der Waals surface area contributed by atoms with Gasteiger partial charge in [-0.05, 0) is 48.5 Å². The molecule has 0 fully saturated rings. The normalized spacial score (nSPS) is 11.2. The minimum atomic E-state index is -4.42. The molecule has 26 heavy (non-hydrogen) atoms. The molecule has 3 rings (SSSR count). The van der Waals surface area contributed by atoms with E-state index in [1.54, 1.807) is 12.1 Å². The zero-order chi connectivity index (χ0) is 18.6. The maximum absolute atomic E-state index is 12.6. The lowest BCUT2D eigenvalue weighted by Crippen LogP contribution is -2.13. The summed E-state index contributed by atoms with van der Waals surface area (Å²) in [6.07, 6.45) is -4.42. The molecular formula is C20H14F3NOS. The van der Waals surface area contributed by atoms with Gasteiger partial charge in [0.05, 0.1) is 11.3 Å². The zero-order valence-electron chi connectivity index (χ0n) is 13.5. The van der Waals surface area contributed by atoms with E-state index in [1.807, 2.05) is 42.5 Å². The molecule has 0 radical (unpaired) electrons. The molecule has 3 aromatic rings. The molecule has 0 saturated heterocycles. The molecule has 0 aromatic heterocycles. The van der Waals surface area contributed by atoms with Crippen molar-refractivity contribution in [3.63, 3.8) is 0 Å². The van der Waals surface area contributed by atoms with Crippen molar-refractivity contribution >= 4 is 23.4 Å². The quantitative estimate of drug-likeness (QED) is 0.598. The third-order valence-corrected chi connectivity index (χ3v) is 4.66. The SMILES string of the molecule is O=C(Nc1ccccc1Sc1ccccc1)c1ccc(C(F)(F)F)cc1. The van der Waals surface area contributed by atoms with Gasteiger partial charge in [0.1, 0.15) is 0 Å². The molecular weight excluding hydrogens is 359 g/mol. The van der Waals surface area contributed by atoms with Gasteiger partial charge in [-0.1, -0.05) is 42.1 Å². The number of rotatable bonds is 4. The van der Waals surface area contributed by atoms with Crippen LogP contribution in [0.15, 0.2) is 88.7 Å². The summed E-state index contributed by atoms with van der Waals surface area (Å²) in [4.78, 5) is 14.2. The number of carbonyl (C=O) groups is 1. The Labute approximate surface area is 153 Å². The summed E-state index contributed by atoms with van der Waals surface area (Å²) in [5, 5.41) is 2.76. The summed E-state index contributed by atoms with van der Waals surface area (Å²) in [5.41, 5.74) is -0.0159. The maximum Gasteiger partial charge on any atom is 0.416 e. The first-order valence-electron chi connectivity index (χ1n) is 7.74. The van der Waals surface area contributed by atoms with Gasteiger partial charge in [-0.25, -0.2) is 0 Å². The lowest BCUT2D eigenvalue weighted by Gasteiger charge is -2.11. The van der Waals surface area contributed by atoms with Gasteiger partial charge in [-0.3, -0.25) is 4.79 Å². The van der Waals surface area contributed by atoms with Crippen molar-refractivity contribution in [2.75, 3.05) is 5.32 Å². The Hall–Kier alpha value is -2.73. The van der Waals surface area contributed by atoms with Gasteiger partial charge in [0, 0.05) is 15.4 Å². The van der Waals surface area contributed by atoms with Crippen molar-refractivity contribution in [2.24, 2.45) is 0 Å². The van der Waals surface area contributed by atoms with Crippen LogP contribution in [0.3, 0.4) is 0 Å². The van der Waals surface area contributed by atoms with Crippen LogP contribution in [0.4, 0.5) is 18.9 Å². The van der Waals surface area contributed by atoms with Gasteiger partial charge in [0.25, 0.3) is 5.91 Å². The topological polar surface area (TPSA) is 29.1 Å². The first kappa shape index (κ1) is 18.1. The third-order valence-electron chi connectivity index (χ3n) is 3.58. The van der Waals surface area contributed by atoms with Gasteiger partial charge in [-0.15, -0.1) is 0 Å². The Morgan fingerprint density at radius 1 is 0.808 bits per heavy atom. The highest BCUT2D eigenvalue weighted by molar-refractivity contribution is 7.99. The van der Waals surface area contributed by atoms with Crippen molar-refractivity contribution in [3.8, 4) is 0 Å². The van der Waals surface area contributed by atoms with E-state index in [0.717, 1.165) is 21.9 Å². The fourth-order valence-corrected chi connectivity index (χ4v) is 3.20. The maximum atomic E-state index is 12.6. The third kappa shape index (κ3) is 4.46. The predicted molar refractivity (Wildman–Crippen MR) is 96.4 cm³/mol. The van der Waals surface area contributed by atoms with E-state index in [2.05, 4.69) is 5.32 Å². The minimum absolute atomic E-state index is 0.164. The standard InChI is InChI=1S/C20H14F3NOS/c21-20(22,23)15-12-10-14(11-13-15)19(25)24-17-8-4-5-9-18(17)26-16-6-2-1-3-7-16/h1-13H,(H,24,25). The molecule has 0 aliphatic heterocycles.